The van der Waals surface area contributed by atoms with Crippen LogP contribution in [0.25, 0.3) is 10.9 Å². The van der Waals surface area contributed by atoms with Crippen molar-refractivity contribution < 1.29 is 14.3 Å². The zero-order valence-electron chi connectivity index (χ0n) is 15.5. The number of hydrogen-bond acceptors (Lipinski definition) is 3. The van der Waals surface area contributed by atoms with Gasteiger partial charge in [0.15, 0.2) is 0 Å². The number of amides is 2. The highest BCUT2D eigenvalue weighted by Gasteiger charge is 2.29. The first kappa shape index (κ1) is 18.1. The Hall–Kier alpha value is -3.28. The van der Waals surface area contributed by atoms with Crippen molar-refractivity contribution in [2.45, 2.75) is 38.0 Å². The van der Waals surface area contributed by atoms with Crippen LogP contribution < -0.4 is 10.6 Å². The van der Waals surface area contributed by atoms with Crippen LogP contribution in [0.5, 0.6) is 0 Å². The lowest BCUT2D eigenvalue weighted by Gasteiger charge is -2.18. The molecule has 1 atom stereocenters. The Labute approximate surface area is 163 Å². The Bertz CT molecular complexity index is 963. The van der Waals surface area contributed by atoms with Crippen molar-refractivity contribution in [3.8, 4) is 0 Å². The second-order valence-corrected chi connectivity index (χ2v) is 7.11. The number of para-hydroxylation sites is 1. The zero-order valence-corrected chi connectivity index (χ0v) is 15.5. The van der Waals surface area contributed by atoms with Gasteiger partial charge in [0.1, 0.15) is 12.6 Å². The van der Waals surface area contributed by atoms with Crippen molar-refractivity contribution in [2.24, 2.45) is 0 Å². The molecule has 0 radical (unpaired) electrons. The van der Waals surface area contributed by atoms with E-state index in [0.29, 0.717) is 6.42 Å². The van der Waals surface area contributed by atoms with E-state index in [1.807, 2.05) is 60.8 Å². The highest BCUT2D eigenvalue weighted by atomic mass is 16.5. The molecule has 4 rings (SSSR count). The fraction of sp³-hybridized carbons (Fsp3) is 0.273. The number of nitrogens with one attached hydrogen (secondary N) is 3. The van der Waals surface area contributed by atoms with Gasteiger partial charge in [-0.3, -0.25) is 4.79 Å². The molecule has 6 heteroatoms. The SMILES string of the molecule is O=C(N[C@H](Cc1c[nH]c2ccccc12)C(=O)NC1CC1)OCc1ccccc1. The maximum absolute atomic E-state index is 12.7. The molecule has 1 heterocycles. The molecule has 0 bridgehead atoms. The highest BCUT2D eigenvalue weighted by Crippen LogP contribution is 2.21. The van der Waals surface area contributed by atoms with Crippen molar-refractivity contribution in [3.05, 3.63) is 71.9 Å². The van der Waals surface area contributed by atoms with E-state index in [-0.39, 0.29) is 18.6 Å². The molecule has 3 N–H and O–H groups in total. The van der Waals surface area contributed by atoms with Gasteiger partial charge in [-0.1, -0.05) is 48.5 Å². The van der Waals surface area contributed by atoms with E-state index in [0.717, 1.165) is 34.9 Å². The summed E-state index contributed by atoms with van der Waals surface area (Å²) in [6.07, 6.45) is 3.66. The smallest absolute Gasteiger partial charge is 0.408 e. The fourth-order valence-corrected chi connectivity index (χ4v) is 3.17. The van der Waals surface area contributed by atoms with Crippen molar-refractivity contribution in [1.29, 1.82) is 0 Å². The Balaban J connectivity index is 1.43. The fourth-order valence-electron chi connectivity index (χ4n) is 3.17. The maximum atomic E-state index is 12.7. The molecule has 1 saturated carbocycles. The summed E-state index contributed by atoms with van der Waals surface area (Å²) in [5, 5.41) is 6.76. The van der Waals surface area contributed by atoms with E-state index in [1.54, 1.807) is 0 Å². The van der Waals surface area contributed by atoms with Crippen molar-refractivity contribution >= 4 is 22.9 Å². The van der Waals surface area contributed by atoms with E-state index in [1.165, 1.54) is 0 Å². The number of ether oxygens (including phenoxy) is 1. The number of fused-ring (bicyclic) bond motifs is 1. The number of aromatic amines is 1. The Kier molecular flexibility index (Phi) is 5.28. The van der Waals surface area contributed by atoms with Gasteiger partial charge in [-0.05, 0) is 30.0 Å². The molecule has 144 valence electrons. The third-order valence-electron chi connectivity index (χ3n) is 4.84. The number of aromatic nitrogens is 1. The lowest BCUT2D eigenvalue weighted by molar-refractivity contribution is -0.123. The molecule has 1 aliphatic carbocycles. The molecule has 0 spiro atoms. The summed E-state index contributed by atoms with van der Waals surface area (Å²) < 4.78 is 5.30. The average molecular weight is 377 g/mol. The molecule has 1 aromatic heterocycles. The normalized spacial score (nSPS) is 14.4. The van der Waals surface area contributed by atoms with Gasteiger partial charge in [0.25, 0.3) is 0 Å². The van der Waals surface area contributed by atoms with Crippen LogP contribution in [0, 0.1) is 0 Å². The van der Waals surface area contributed by atoms with Gasteiger partial charge >= 0.3 is 6.09 Å². The van der Waals surface area contributed by atoms with Gasteiger partial charge in [0.2, 0.25) is 5.91 Å². The third kappa shape index (κ3) is 4.52. The molecule has 2 amide bonds. The topological polar surface area (TPSA) is 83.2 Å². The molecule has 1 aliphatic rings. The number of H-pyrrole nitrogens is 1. The summed E-state index contributed by atoms with van der Waals surface area (Å²) >= 11 is 0. The van der Waals surface area contributed by atoms with E-state index in [2.05, 4.69) is 15.6 Å². The molecule has 0 aliphatic heterocycles. The number of hydrogen-bond donors (Lipinski definition) is 3. The predicted octanol–water partition coefficient (Wildman–Crippen LogP) is 3.28. The van der Waals surface area contributed by atoms with Crippen LogP contribution in [0.4, 0.5) is 4.79 Å². The minimum Gasteiger partial charge on any atom is -0.445 e. The van der Waals surface area contributed by atoms with Gasteiger partial charge < -0.3 is 20.4 Å². The first-order chi connectivity index (χ1) is 13.7. The molecule has 3 aromatic rings. The minimum atomic E-state index is -0.692. The summed E-state index contributed by atoms with van der Waals surface area (Å²) in [7, 11) is 0. The van der Waals surface area contributed by atoms with Crippen LogP contribution in [-0.2, 0) is 22.6 Å². The van der Waals surface area contributed by atoms with E-state index in [4.69, 9.17) is 4.74 Å². The first-order valence-corrected chi connectivity index (χ1v) is 9.51. The molecule has 0 unspecified atom stereocenters. The van der Waals surface area contributed by atoms with Crippen molar-refractivity contribution in [3.63, 3.8) is 0 Å². The monoisotopic (exact) mass is 377 g/mol. The quantitative estimate of drug-likeness (QED) is 0.591. The largest absolute Gasteiger partial charge is 0.445 e. The second kappa shape index (κ2) is 8.17. The number of rotatable bonds is 7. The molecular formula is C22H23N3O3. The summed E-state index contributed by atoms with van der Waals surface area (Å²) in [4.78, 5) is 28.2. The second-order valence-electron chi connectivity index (χ2n) is 7.11. The molecule has 1 fully saturated rings. The molecule has 0 saturated heterocycles. The van der Waals surface area contributed by atoms with Crippen LogP contribution in [-0.4, -0.2) is 29.1 Å². The Morgan fingerprint density at radius 3 is 2.61 bits per heavy atom. The van der Waals surface area contributed by atoms with Gasteiger partial charge in [0.05, 0.1) is 0 Å². The lowest BCUT2D eigenvalue weighted by Crippen LogP contribution is -2.48. The van der Waals surface area contributed by atoms with Gasteiger partial charge in [-0.25, -0.2) is 4.79 Å². The van der Waals surface area contributed by atoms with Gasteiger partial charge in [-0.2, -0.15) is 0 Å². The summed E-state index contributed by atoms with van der Waals surface area (Å²) in [5.41, 5.74) is 2.88. The standard InChI is InChI=1S/C22H23N3O3/c26-21(24-17-10-11-17)20(12-16-13-23-19-9-5-4-8-18(16)19)25-22(27)28-14-15-6-2-1-3-7-15/h1-9,13,17,20,23H,10-12,14H2,(H,24,26)(H,25,27)/t20-/m1/s1. The lowest BCUT2D eigenvalue weighted by atomic mass is 10.0. The van der Waals surface area contributed by atoms with E-state index < -0.39 is 12.1 Å². The predicted molar refractivity (Wildman–Crippen MR) is 107 cm³/mol. The Morgan fingerprint density at radius 1 is 1.07 bits per heavy atom. The zero-order chi connectivity index (χ0) is 19.3. The molecular weight excluding hydrogens is 354 g/mol. The van der Waals surface area contributed by atoms with Crippen LogP contribution >= 0.6 is 0 Å². The van der Waals surface area contributed by atoms with Crippen molar-refractivity contribution in [2.75, 3.05) is 0 Å². The number of benzene rings is 2. The molecule has 6 nitrogen and oxygen atoms in total. The number of carbonyl (C=O) groups excluding carboxylic acids is 2. The number of alkyl carbamates (subject to hydrolysis) is 1. The van der Waals surface area contributed by atoms with Gasteiger partial charge in [-0.15, -0.1) is 0 Å². The van der Waals surface area contributed by atoms with Crippen LogP contribution in [0.1, 0.15) is 24.0 Å². The van der Waals surface area contributed by atoms with Gasteiger partial charge in [0, 0.05) is 29.6 Å². The average Bonchev–Trinajstić information content (AvgIpc) is 3.45. The summed E-state index contributed by atoms with van der Waals surface area (Å²) in [6, 6.07) is 16.9. The maximum Gasteiger partial charge on any atom is 0.408 e. The highest BCUT2D eigenvalue weighted by molar-refractivity contribution is 5.88. The van der Waals surface area contributed by atoms with Crippen LogP contribution in [0.3, 0.4) is 0 Å². The van der Waals surface area contributed by atoms with E-state index >= 15 is 0 Å². The van der Waals surface area contributed by atoms with Crippen molar-refractivity contribution in [1.82, 2.24) is 15.6 Å². The van der Waals surface area contributed by atoms with Crippen LogP contribution in [0.15, 0.2) is 60.8 Å². The molecule has 28 heavy (non-hydrogen) atoms. The minimum absolute atomic E-state index is 0.163. The van der Waals surface area contributed by atoms with Crippen LogP contribution in [0.2, 0.25) is 0 Å². The first-order valence-electron chi connectivity index (χ1n) is 9.51. The Morgan fingerprint density at radius 2 is 1.82 bits per heavy atom. The van der Waals surface area contributed by atoms with E-state index in [9.17, 15) is 9.59 Å². The third-order valence-corrected chi connectivity index (χ3v) is 4.84. The summed E-state index contributed by atoms with van der Waals surface area (Å²) in [6.45, 7) is 0.163. The number of carbonyl (C=O) groups is 2. The molecule has 2 aromatic carbocycles. The summed E-state index contributed by atoms with van der Waals surface area (Å²) in [5.74, 6) is -0.176.